The second-order valence-electron chi connectivity index (χ2n) is 3.85. The zero-order valence-corrected chi connectivity index (χ0v) is 11.2. The first-order chi connectivity index (χ1) is 7.68. The minimum atomic E-state index is -0.0107. The second kappa shape index (κ2) is 5.94. The number of rotatable bonds is 2. The van der Waals surface area contributed by atoms with Gasteiger partial charge in [0, 0.05) is 0 Å². The summed E-state index contributed by atoms with van der Waals surface area (Å²) in [6.45, 7) is 1.79. The second-order valence-corrected chi connectivity index (χ2v) is 3.85. The van der Waals surface area contributed by atoms with Gasteiger partial charge in [0.2, 0.25) is 0 Å². The Labute approximate surface area is 117 Å². The summed E-state index contributed by atoms with van der Waals surface area (Å²) < 4.78 is 0. The van der Waals surface area contributed by atoms with E-state index < -0.39 is 0 Å². The molecule has 0 unspecified atom stereocenters. The molecule has 0 radical (unpaired) electrons. The first-order valence-electron chi connectivity index (χ1n) is 5.19. The Morgan fingerprint density at radius 1 is 0.882 bits per heavy atom. The van der Waals surface area contributed by atoms with Crippen molar-refractivity contribution in [1.82, 2.24) is 0 Å². The number of aryl methyl sites for hydroxylation is 1. The first kappa shape index (κ1) is 13.9. The molecule has 0 bridgehead atoms. The molecule has 0 atom stereocenters. The molecule has 0 N–H and O–H groups in total. The molecule has 3 heteroatoms. The molecular formula is C14H12MgO2. The molecule has 0 spiro atoms. The minimum absolute atomic E-state index is 0. The molecule has 0 aliphatic heterocycles. The van der Waals surface area contributed by atoms with Crippen LogP contribution in [-0.4, -0.2) is 23.1 Å². The van der Waals surface area contributed by atoms with Gasteiger partial charge >= 0.3 is 23.1 Å². The van der Waals surface area contributed by atoms with Crippen LogP contribution >= 0.6 is 0 Å². The summed E-state index contributed by atoms with van der Waals surface area (Å²) in [7, 11) is 0. The predicted octanol–water partition coefficient (Wildman–Crippen LogP) is 1.35. The van der Waals surface area contributed by atoms with Crippen LogP contribution in [0.5, 0.6) is 11.5 Å². The number of benzene rings is 2. The van der Waals surface area contributed by atoms with E-state index in [0.717, 1.165) is 5.56 Å². The van der Waals surface area contributed by atoms with Crippen molar-refractivity contribution in [3.8, 4) is 11.5 Å². The fraction of sp³-hybridized carbons (Fsp3) is 0.143. The molecule has 2 rings (SSSR count). The maximum Gasteiger partial charge on any atom is 2.00 e. The third-order valence-electron chi connectivity index (χ3n) is 2.65. The van der Waals surface area contributed by atoms with Crippen molar-refractivity contribution >= 4 is 23.1 Å². The molecule has 0 aliphatic carbocycles. The van der Waals surface area contributed by atoms with E-state index in [1.165, 1.54) is 6.07 Å². The van der Waals surface area contributed by atoms with Crippen LogP contribution in [0.4, 0.5) is 0 Å². The van der Waals surface area contributed by atoms with Gasteiger partial charge in [-0.15, -0.1) is 11.5 Å². The Morgan fingerprint density at radius 2 is 1.53 bits per heavy atom. The Bertz CT molecular complexity index is 509. The van der Waals surface area contributed by atoms with Crippen molar-refractivity contribution in [2.45, 2.75) is 13.3 Å². The topological polar surface area (TPSA) is 46.1 Å². The Kier molecular flexibility index (Phi) is 4.84. The summed E-state index contributed by atoms with van der Waals surface area (Å²) in [5.41, 5.74) is 2.08. The average molecular weight is 237 g/mol. The minimum Gasteiger partial charge on any atom is -0.872 e. The van der Waals surface area contributed by atoms with Gasteiger partial charge in [0.1, 0.15) is 0 Å². The van der Waals surface area contributed by atoms with Crippen LogP contribution in [0, 0.1) is 6.92 Å². The maximum absolute atomic E-state index is 11.8. The summed E-state index contributed by atoms with van der Waals surface area (Å²) in [4.78, 5) is 0. The molecule has 0 heterocycles. The fourth-order valence-corrected chi connectivity index (χ4v) is 1.71. The molecule has 0 aliphatic rings. The van der Waals surface area contributed by atoms with Gasteiger partial charge in [-0.05, 0) is 13.3 Å². The van der Waals surface area contributed by atoms with E-state index in [-0.39, 0.29) is 34.6 Å². The van der Waals surface area contributed by atoms with Gasteiger partial charge in [0.25, 0.3) is 0 Å². The van der Waals surface area contributed by atoms with Crippen molar-refractivity contribution in [1.29, 1.82) is 0 Å². The molecular weight excluding hydrogens is 224 g/mol. The number of hydrogen-bond donors (Lipinski definition) is 0. The van der Waals surface area contributed by atoms with Crippen molar-refractivity contribution in [3.63, 3.8) is 0 Å². The molecule has 0 saturated heterocycles. The summed E-state index contributed by atoms with van der Waals surface area (Å²) in [5.74, 6) is 0.0224. The monoisotopic (exact) mass is 236 g/mol. The van der Waals surface area contributed by atoms with Gasteiger partial charge in [0.15, 0.2) is 0 Å². The molecule has 2 nitrogen and oxygen atoms in total. The van der Waals surface area contributed by atoms with E-state index in [2.05, 4.69) is 0 Å². The van der Waals surface area contributed by atoms with Crippen molar-refractivity contribution in [3.05, 3.63) is 59.2 Å². The van der Waals surface area contributed by atoms with Crippen LogP contribution in [-0.2, 0) is 6.42 Å². The van der Waals surface area contributed by atoms with Gasteiger partial charge < -0.3 is 10.2 Å². The molecule has 0 amide bonds. The van der Waals surface area contributed by atoms with Crippen LogP contribution in [0.15, 0.2) is 42.5 Å². The molecule has 0 saturated carbocycles. The summed E-state index contributed by atoms with van der Waals surface area (Å²) in [5, 5.41) is 23.3. The van der Waals surface area contributed by atoms with Crippen LogP contribution < -0.4 is 10.2 Å². The first-order valence-corrected chi connectivity index (χ1v) is 5.19. The Balaban J connectivity index is 0.00000144. The van der Waals surface area contributed by atoms with E-state index in [0.29, 0.717) is 17.5 Å². The van der Waals surface area contributed by atoms with Gasteiger partial charge in [-0.25, -0.2) is 0 Å². The standard InChI is InChI=1S/C14H14O2.Mg/c1-10-5-4-7-12(14(10)16)9-11-6-2-3-8-13(11)15;/h2-8,15-16H,9H2,1H3;/q;+2/p-2. The average Bonchev–Trinajstić information content (AvgIpc) is 2.28. The van der Waals surface area contributed by atoms with Crippen molar-refractivity contribution < 1.29 is 10.2 Å². The third kappa shape index (κ3) is 3.14. The van der Waals surface area contributed by atoms with Crippen molar-refractivity contribution in [2.75, 3.05) is 0 Å². The molecule has 0 aromatic heterocycles. The third-order valence-corrected chi connectivity index (χ3v) is 2.65. The molecule has 17 heavy (non-hydrogen) atoms. The van der Waals surface area contributed by atoms with Gasteiger partial charge in [0.05, 0.1) is 0 Å². The largest absolute Gasteiger partial charge is 2.00 e. The van der Waals surface area contributed by atoms with E-state index in [9.17, 15) is 10.2 Å². The van der Waals surface area contributed by atoms with E-state index >= 15 is 0 Å². The molecule has 2 aromatic rings. The SMILES string of the molecule is Cc1cccc(Cc2ccccc2[O-])c1[O-].[Mg+2]. The molecule has 0 fully saturated rings. The van der Waals surface area contributed by atoms with E-state index in [4.69, 9.17) is 0 Å². The van der Waals surface area contributed by atoms with Crippen LogP contribution in [0.1, 0.15) is 16.7 Å². The zero-order valence-electron chi connectivity index (χ0n) is 9.77. The van der Waals surface area contributed by atoms with Crippen LogP contribution in [0.25, 0.3) is 0 Å². The van der Waals surface area contributed by atoms with Gasteiger partial charge in [-0.1, -0.05) is 59.2 Å². The molecule has 82 valence electrons. The van der Waals surface area contributed by atoms with Crippen LogP contribution in [0.2, 0.25) is 0 Å². The molecule has 2 aromatic carbocycles. The fourth-order valence-electron chi connectivity index (χ4n) is 1.71. The predicted molar refractivity (Wildman–Crippen MR) is 65.1 cm³/mol. The number of hydrogen-bond acceptors (Lipinski definition) is 2. The van der Waals surface area contributed by atoms with Crippen LogP contribution in [0.3, 0.4) is 0 Å². The number of para-hydroxylation sites is 2. The van der Waals surface area contributed by atoms with E-state index in [1.807, 2.05) is 12.1 Å². The van der Waals surface area contributed by atoms with Gasteiger partial charge in [-0.3, -0.25) is 0 Å². The Morgan fingerprint density at radius 3 is 2.24 bits per heavy atom. The maximum atomic E-state index is 11.8. The summed E-state index contributed by atoms with van der Waals surface area (Å²) >= 11 is 0. The van der Waals surface area contributed by atoms with Gasteiger partial charge in [-0.2, -0.15) is 0 Å². The smallest absolute Gasteiger partial charge is 0.872 e. The summed E-state index contributed by atoms with van der Waals surface area (Å²) in [6.07, 6.45) is 0.417. The van der Waals surface area contributed by atoms with Crippen molar-refractivity contribution in [2.24, 2.45) is 0 Å². The zero-order chi connectivity index (χ0) is 11.5. The summed E-state index contributed by atoms with van der Waals surface area (Å²) in [6, 6.07) is 12.2. The normalized spacial score (nSPS) is 9.71. The quantitative estimate of drug-likeness (QED) is 0.739. The van der Waals surface area contributed by atoms with E-state index in [1.54, 1.807) is 31.2 Å². The Hall–Kier alpha value is -1.19.